The van der Waals surface area contributed by atoms with Gasteiger partial charge in [-0.05, 0) is 25.3 Å². The predicted octanol–water partition coefficient (Wildman–Crippen LogP) is 2.92. The van der Waals surface area contributed by atoms with Crippen LogP contribution in [0.5, 0.6) is 5.75 Å². The van der Waals surface area contributed by atoms with Gasteiger partial charge in [0, 0.05) is 24.6 Å². The normalized spacial score (nSPS) is 14.1. The van der Waals surface area contributed by atoms with Gasteiger partial charge in [-0.15, -0.1) is 0 Å². The van der Waals surface area contributed by atoms with Crippen molar-refractivity contribution in [2.75, 3.05) is 13.7 Å². The highest BCUT2D eigenvalue weighted by Gasteiger charge is 2.21. The summed E-state index contributed by atoms with van der Waals surface area (Å²) in [6.45, 7) is 1.22. The van der Waals surface area contributed by atoms with Crippen LogP contribution in [0.2, 0.25) is 5.02 Å². The minimum absolute atomic E-state index is 0.219. The Bertz CT molecular complexity index is 460. The molecule has 0 atom stereocenters. The largest absolute Gasteiger partial charge is 0.492 e. The quantitative estimate of drug-likeness (QED) is 0.592. The molecule has 1 aromatic carbocycles. The lowest BCUT2D eigenvalue weighted by Crippen LogP contribution is -2.16. The van der Waals surface area contributed by atoms with Crippen molar-refractivity contribution in [3.63, 3.8) is 0 Å². The molecule has 0 aromatic heterocycles. The van der Waals surface area contributed by atoms with Crippen LogP contribution < -0.4 is 10.1 Å². The fraction of sp³-hybridized carbons (Fsp3) is 0.533. The molecule has 0 saturated heterocycles. The maximum absolute atomic E-state index is 11.0. The van der Waals surface area contributed by atoms with E-state index in [9.17, 15) is 4.79 Å². The number of esters is 1. The Morgan fingerprint density at radius 3 is 2.95 bits per heavy atom. The van der Waals surface area contributed by atoms with E-state index < -0.39 is 0 Å². The number of halogens is 1. The molecule has 0 amide bonds. The number of methoxy groups -OCH3 is 1. The summed E-state index contributed by atoms with van der Waals surface area (Å²) in [4.78, 5) is 11.0. The Morgan fingerprint density at radius 1 is 1.45 bits per heavy atom. The van der Waals surface area contributed by atoms with Crippen LogP contribution in [0.1, 0.15) is 31.2 Å². The van der Waals surface area contributed by atoms with Crippen molar-refractivity contribution in [3.05, 3.63) is 28.8 Å². The second kappa shape index (κ2) is 7.50. The first-order valence-electron chi connectivity index (χ1n) is 6.91. The van der Waals surface area contributed by atoms with E-state index in [4.69, 9.17) is 16.3 Å². The van der Waals surface area contributed by atoms with Crippen LogP contribution in [0.4, 0.5) is 0 Å². The topological polar surface area (TPSA) is 47.6 Å². The van der Waals surface area contributed by atoms with Gasteiger partial charge in [0.2, 0.25) is 0 Å². The van der Waals surface area contributed by atoms with Crippen molar-refractivity contribution in [1.29, 1.82) is 0 Å². The Labute approximate surface area is 124 Å². The number of hydrogen-bond donors (Lipinski definition) is 1. The second-order valence-corrected chi connectivity index (χ2v) is 5.32. The fourth-order valence-corrected chi connectivity index (χ4v) is 2.14. The number of rotatable bonds is 8. The SMILES string of the molecule is COC(=O)CCCOc1c(Cl)cccc1CNC1CC1. The number of carbonyl (C=O) groups is 1. The van der Waals surface area contributed by atoms with E-state index in [1.54, 1.807) is 0 Å². The van der Waals surface area contributed by atoms with Crippen molar-refractivity contribution >= 4 is 17.6 Å². The summed E-state index contributed by atoms with van der Waals surface area (Å²) >= 11 is 6.18. The Hall–Kier alpha value is -1.26. The van der Waals surface area contributed by atoms with E-state index in [1.165, 1.54) is 20.0 Å². The molecule has 1 aromatic rings. The van der Waals surface area contributed by atoms with E-state index in [-0.39, 0.29) is 5.97 Å². The van der Waals surface area contributed by atoms with Crippen molar-refractivity contribution in [2.45, 2.75) is 38.3 Å². The lowest BCUT2D eigenvalue weighted by Gasteiger charge is -2.13. The van der Waals surface area contributed by atoms with Gasteiger partial charge in [-0.1, -0.05) is 23.7 Å². The molecule has 0 heterocycles. The minimum Gasteiger partial charge on any atom is -0.492 e. The summed E-state index contributed by atoms with van der Waals surface area (Å²) in [5.41, 5.74) is 1.06. The first-order valence-corrected chi connectivity index (χ1v) is 7.29. The molecule has 20 heavy (non-hydrogen) atoms. The minimum atomic E-state index is -0.219. The van der Waals surface area contributed by atoms with Crippen molar-refractivity contribution in [3.8, 4) is 5.75 Å². The summed E-state index contributed by atoms with van der Waals surface area (Å²) in [6.07, 6.45) is 3.47. The van der Waals surface area contributed by atoms with Crippen LogP contribution >= 0.6 is 11.6 Å². The van der Waals surface area contributed by atoms with Crippen LogP contribution in [-0.2, 0) is 16.1 Å². The molecule has 1 saturated carbocycles. The van der Waals surface area contributed by atoms with E-state index in [0.29, 0.717) is 36.3 Å². The van der Waals surface area contributed by atoms with Gasteiger partial charge < -0.3 is 14.8 Å². The molecule has 1 aliphatic carbocycles. The first-order chi connectivity index (χ1) is 9.70. The highest BCUT2D eigenvalue weighted by molar-refractivity contribution is 6.32. The van der Waals surface area contributed by atoms with Crippen molar-refractivity contribution < 1.29 is 14.3 Å². The summed E-state index contributed by atoms with van der Waals surface area (Å²) in [5.74, 6) is 0.496. The summed E-state index contributed by atoms with van der Waals surface area (Å²) < 4.78 is 10.3. The molecule has 1 fully saturated rings. The van der Waals surface area contributed by atoms with Gasteiger partial charge in [0.25, 0.3) is 0 Å². The molecule has 0 spiro atoms. The molecule has 0 bridgehead atoms. The van der Waals surface area contributed by atoms with Gasteiger partial charge in [-0.2, -0.15) is 0 Å². The Morgan fingerprint density at radius 2 is 2.25 bits per heavy atom. The third-order valence-electron chi connectivity index (χ3n) is 3.21. The van der Waals surface area contributed by atoms with Gasteiger partial charge in [0.1, 0.15) is 5.75 Å². The number of hydrogen-bond acceptors (Lipinski definition) is 4. The highest BCUT2D eigenvalue weighted by Crippen LogP contribution is 2.30. The molecule has 0 aliphatic heterocycles. The molecule has 2 rings (SSSR count). The number of benzene rings is 1. The third kappa shape index (κ3) is 4.69. The molecule has 110 valence electrons. The number of nitrogens with one attached hydrogen (secondary N) is 1. The molecule has 1 N–H and O–H groups in total. The maximum atomic E-state index is 11.0. The average Bonchev–Trinajstić information content (AvgIpc) is 3.27. The van der Waals surface area contributed by atoms with Crippen LogP contribution in [-0.4, -0.2) is 25.7 Å². The number of carbonyl (C=O) groups excluding carboxylic acids is 1. The fourth-order valence-electron chi connectivity index (χ4n) is 1.89. The number of para-hydroxylation sites is 1. The van der Waals surface area contributed by atoms with Gasteiger partial charge in [-0.3, -0.25) is 4.79 Å². The van der Waals surface area contributed by atoms with Gasteiger partial charge >= 0.3 is 5.97 Å². The molecule has 4 nitrogen and oxygen atoms in total. The monoisotopic (exact) mass is 297 g/mol. The molecule has 0 unspecified atom stereocenters. The first kappa shape index (κ1) is 15.1. The molecule has 1 aliphatic rings. The van der Waals surface area contributed by atoms with Crippen LogP contribution in [0, 0.1) is 0 Å². The van der Waals surface area contributed by atoms with Gasteiger partial charge in [0.05, 0.1) is 18.7 Å². The van der Waals surface area contributed by atoms with Crippen LogP contribution in [0.3, 0.4) is 0 Å². The lowest BCUT2D eigenvalue weighted by atomic mass is 10.2. The predicted molar refractivity (Wildman–Crippen MR) is 78.1 cm³/mol. The molecule has 5 heteroatoms. The maximum Gasteiger partial charge on any atom is 0.305 e. The zero-order valence-corrected chi connectivity index (χ0v) is 12.4. The van der Waals surface area contributed by atoms with Crippen molar-refractivity contribution in [1.82, 2.24) is 5.32 Å². The zero-order chi connectivity index (χ0) is 14.4. The summed E-state index contributed by atoms with van der Waals surface area (Å²) in [5, 5.41) is 4.05. The summed E-state index contributed by atoms with van der Waals surface area (Å²) in [6, 6.07) is 6.39. The second-order valence-electron chi connectivity index (χ2n) is 4.91. The standard InChI is InChI=1S/C15H20ClNO3/c1-19-14(18)6-3-9-20-15-11(4-2-5-13(15)16)10-17-12-7-8-12/h2,4-5,12,17H,3,6-10H2,1H3. The van der Waals surface area contributed by atoms with Gasteiger partial charge in [0.15, 0.2) is 0 Å². The van der Waals surface area contributed by atoms with Crippen LogP contribution in [0.15, 0.2) is 18.2 Å². The average molecular weight is 298 g/mol. The number of ether oxygens (including phenoxy) is 2. The van der Waals surface area contributed by atoms with E-state index in [1.807, 2.05) is 18.2 Å². The smallest absolute Gasteiger partial charge is 0.305 e. The Balaban J connectivity index is 1.85. The van der Waals surface area contributed by atoms with Gasteiger partial charge in [-0.25, -0.2) is 0 Å². The summed E-state index contributed by atoms with van der Waals surface area (Å²) in [7, 11) is 1.39. The molecular weight excluding hydrogens is 278 g/mol. The zero-order valence-electron chi connectivity index (χ0n) is 11.7. The Kier molecular flexibility index (Phi) is 5.68. The van der Waals surface area contributed by atoms with E-state index >= 15 is 0 Å². The molecular formula is C15H20ClNO3. The van der Waals surface area contributed by atoms with Crippen LogP contribution in [0.25, 0.3) is 0 Å². The van der Waals surface area contributed by atoms with E-state index in [0.717, 1.165) is 12.1 Å². The third-order valence-corrected chi connectivity index (χ3v) is 3.50. The lowest BCUT2D eigenvalue weighted by molar-refractivity contribution is -0.140. The van der Waals surface area contributed by atoms with E-state index in [2.05, 4.69) is 10.1 Å². The highest BCUT2D eigenvalue weighted by atomic mass is 35.5. The van der Waals surface area contributed by atoms with Crippen molar-refractivity contribution in [2.24, 2.45) is 0 Å². The molecule has 0 radical (unpaired) electrons.